The molecule has 0 spiro atoms. The molecule has 0 atom stereocenters. The number of benzene rings is 1. The Kier molecular flexibility index (Phi) is 5.53. The van der Waals surface area contributed by atoms with Crippen LogP contribution in [0.3, 0.4) is 0 Å². The molecular weight excluding hydrogens is 282 g/mol. The number of H-pyrrole nitrogens is 1. The van der Waals surface area contributed by atoms with Gasteiger partial charge in [-0.2, -0.15) is 5.10 Å². The van der Waals surface area contributed by atoms with Crippen molar-refractivity contribution < 1.29 is 9.53 Å². The van der Waals surface area contributed by atoms with E-state index in [4.69, 9.17) is 10.5 Å². The van der Waals surface area contributed by atoms with Crippen molar-refractivity contribution in [3.05, 3.63) is 48.0 Å². The Hall–Kier alpha value is -2.83. The van der Waals surface area contributed by atoms with Gasteiger partial charge < -0.3 is 15.5 Å². The summed E-state index contributed by atoms with van der Waals surface area (Å²) >= 11 is 0. The number of urea groups is 1. The minimum absolute atomic E-state index is 0.627. The average molecular weight is 301 g/mol. The lowest BCUT2D eigenvalue weighted by molar-refractivity contribution is 0.249. The van der Waals surface area contributed by atoms with Crippen molar-refractivity contribution in [3.63, 3.8) is 0 Å². The predicted molar refractivity (Wildman–Crippen MR) is 83.8 cm³/mol. The second-order valence-electron chi connectivity index (χ2n) is 4.71. The van der Waals surface area contributed by atoms with Crippen LogP contribution in [-0.4, -0.2) is 28.3 Å². The van der Waals surface area contributed by atoms with E-state index in [0.29, 0.717) is 12.3 Å². The van der Waals surface area contributed by atoms with Gasteiger partial charge in [0.25, 0.3) is 0 Å². The van der Waals surface area contributed by atoms with E-state index in [2.05, 4.69) is 20.5 Å². The third-order valence-electron chi connectivity index (χ3n) is 3.01. The van der Waals surface area contributed by atoms with Gasteiger partial charge in [0.05, 0.1) is 24.3 Å². The van der Waals surface area contributed by atoms with Crippen molar-refractivity contribution in [1.82, 2.24) is 15.4 Å². The molecule has 22 heavy (non-hydrogen) atoms. The maximum absolute atomic E-state index is 10.6. The lowest BCUT2D eigenvalue weighted by atomic mass is 10.1. The van der Waals surface area contributed by atoms with Crippen LogP contribution in [0.25, 0.3) is 0 Å². The number of amides is 2. The number of carbonyl (C=O) groups is 1. The maximum Gasteiger partial charge on any atom is 0.332 e. The Labute approximate surface area is 128 Å². The van der Waals surface area contributed by atoms with Crippen LogP contribution in [0, 0.1) is 0 Å². The fraction of sp³-hybridized carbons (Fsp3) is 0.267. The number of nitrogens with one attached hydrogen (secondary N) is 2. The molecule has 2 aromatic rings. The number of aromatic nitrogens is 2. The first-order valence-corrected chi connectivity index (χ1v) is 6.96. The molecule has 1 heterocycles. The number of nitrogens with zero attached hydrogens (tertiary/aromatic N) is 2. The van der Waals surface area contributed by atoms with Crippen LogP contribution in [0.4, 0.5) is 4.79 Å². The quantitative estimate of drug-likeness (QED) is 0.412. The van der Waals surface area contributed by atoms with Gasteiger partial charge >= 0.3 is 6.03 Å². The topological polar surface area (TPSA) is 105 Å². The number of hydrazone groups is 1. The predicted octanol–water partition coefficient (Wildman–Crippen LogP) is 1.81. The summed E-state index contributed by atoms with van der Waals surface area (Å²) in [7, 11) is 0. The second kappa shape index (κ2) is 7.82. The zero-order chi connectivity index (χ0) is 15.8. The number of imidazole rings is 1. The molecule has 2 amide bonds. The number of aromatic amines is 1. The van der Waals surface area contributed by atoms with Crippen molar-refractivity contribution >= 4 is 11.7 Å². The van der Waals surface area contributed by atoms with E-state index in [1.807, 2.05) is 30.5 Å². The highest BCUT2D eigenvalue weighted by Gasteiger charge is 2.00. The Morgan fingerprint density at radius 3 is 2.82 bits per heavy atom. The highest BCUT2D eigenvalue weighted by Crippen LogP contribution is 2.13. The summed E-state index contributed by atoms with van der Waals surface area (Å²) in [5, 5.41) is 3.87. The van der Waals surface area contributed by atoms with Crippen LogP contribution in [0.1, 0.15) is 24.6 Å². The molecule has 0 bridgehead atoms. The monoisotopic (exact) mass is 301 g/mol. The normalized spacial score (nSPS) is 11.2. The number of ether oxygens (including phenoxy) is 1. The van der Waals surface area contributed by atoms with Gasteiger partial charge in [-0.3, -0.25) is 0 Å². The third kappa shape index (κ3) is 4.93. The molecule has 0 unspecified atom stereocenters. The average Bonchev–Trinajstić information content (AvgIpc) is 3.03. The fourth-order valence-electron chi connectivity index (χ4n) is 1.87. The number of aryl methyl sites for hydroxylation is 1. The molecule has 0 radical (unpaired) electrons. The first kappa shape index (κ1) is 15.6. The van der Waals surface area contributed by atoms with Gasteiger partial charge in [-0.05, 0) is 49.6 Å². The summed E-state index contributed by atoms with van der Waals surface area (Å²) < 4.78 is 5.67. The summed E-state index contributed by atoms with van der Waals surface area (Å²) in [5.74, 6) is 0.793. The Bertz CT molecular complexity index is 620. The van der Waals surface area contributed by atoms with Gasteiger partial charge in [0, 0.05) is 6.20 Å². The number of rotatable bonds is 7. The van der Waals surface area contributed by atoms with Crippen molar-refractivity contribution in [2.45, 2.75) is 19.8 Å². The van der Waals surface area contributed by atoms with Crippen molar-refractivity contribution in [2.75, 3.05) is 6.61 Å². The summed E-state index contributed by atoms with van der Waals surface area (Å²) in [6, 6.07) is 6.81. The highest BCUT2D eigenvalue weighted by atomic mass is 16.5. The van der Waals surface area contributed by atoms with Crippen molar-refractivity contribution in [3.8, 4) is 5.75 Å². The molecule has 7 nitrogen and oxygen atoms in total. The molecule has 1 aromatic carbocycles. The van der Waals surface area contributed by atoms with Crippen molar-refractivity contribution in [2.24, 2.45) is 10.8 Å². The SMILES string of the molecule is C/C(=N\NC(N)=O)c1ccc(OCCCc2c[nH]cn2)cc1. The molecule has 0 saturated heterocycles. The van der Waals surface area contributed by atoms with Crippen LogP contribution in [0.15, 0.2) is 41.9 Å². The molecule has 2 rings (SSSR count). The number of carbonyl (C=O) groups excluding carboxylic acids is 1. The molecule has 1 aromatic heterocycles. The van der Waals surface area contributed by atoms with Gasteiger partial charge in [-0.15, -0.1) is 0 Å². The highest BCUT2D eigenvalue weighted by molar-refractivity contribution is 5.99. The molecular formula is C15H19N5O2. The lowest BCUT2D eigenvalue weighted by Crippen LogP contribution is -2.25. The summed E-state index contributed by atoms with van der Waals surface area (Å²) in [6.45, 7) is 2.41. The smallest absolute Gasteiger partial charge is 0.332 e. The lowest BCUT2D eigenvalue weighted by Gasteiger charge is -2.07. The van der Waals surface area contributed by atoms with Crippen LogP contribution in [0.2, 0.25) is 0 Å². The Morgan fingerprint density at radius 1 is 1.41 bits per heavy atom. The summed E-state index contributed by atoms with van der Waals surface area (Å²) in [5.41, 5.74) is 9.76. The molecule has 7 heteroatoms. The van der Waals surface area contributed by atoms with Crippen LogP contribution >= 0.6 is 0 Å². The summed E-state index contributed by atoms with van der Waals surface area (Å²) in [4.78, 5) is 17.7. The van der Waals surface area contributed by atoms with Gasteiger partial charge in [0.15, 0.2) is 0 Å². The number of nitrogens with two attached hydrogens (primary N) is 1. The van der Waals surface area contributed by atoms with Gasteiger partial charge in [-0.25, -0.2) is 15.2 Å². The van der Waals surface area contributed by atoms with E-state index < -0.39 is 6.03 Å². The largest absolute Gasteiger partial charge is 0.494 e. The molecule has 0 saturated carbocycles. The fourth-order valence-corrected chi connectivity index (χ4v) is 1.87. The Morgan fingerprint density at radius 2 is 2.18 bits per heavy atom. The third-order valence-corrected chi connectivity index (χ3v) is 3.01. The van der Waals surface area contributed by atoms with Gasteiger partial charge in [0.1, 0.15) is 5.75 Å². The van der Waals surface area contributed by atoms with Gasteiger partial charge in [0.2, 0.25) is 0 Å². The molecule has 0 aliphatic carbocycles. The molecule has 0 aliphatic heterocycles. The van der Waals surface area contributed by atoms with Gasteiger partial charge in [-0.1, -0.05) is 0 Å². The van der Waals surface area contributed by atoms with Crippen LogP contribution in [-0.2, 0) is 6.42 Å². The zero-order valence-electron chi connectivity index (χ0n) is 12.4. The van der Waals surface area contributed by atoms with E-state index >= 15 is 0 Å². The zero-order valence-corrected chi connectivity index (χ0v) is 12.4. The molecule has 4 N–H and O–H groups in total. The second-order valence-corrected chi connectivity index (χ2v) is 4.71. The number of hydrogen-bond acceptors (Lipinski definition) is 4. The molecule has 116 valence electrons. The van der Waals surface area contributed by atoms with E-state index in [9.17, 15) is 4.79 Å². The van der Waals surface area contributed by atoms with E-state index in [-0.39, 0.29) is 0 Å². The van der Waals surface area contributed by atoms with Crippen LogP contribution < -0.4 is 15.9 Å². The minimum Gasteiger partial charge on any atom is -0.494 e. The van der Waals surface area contributed by atoms with E-state index in [0.717, 1.165) is 29.8 Å². The minimum atomic E-state index is -0.684. The first-order chi connectivity index (χ1) is 10.6. The van der Waals surface area contributed by atoms with Crippen LogP contribution in [0.5, 0.6) is 5.75 Å². The number of hydrogen-bond donors (Lipinski definition) is 3. The van der Waals surface area contributed by atoms with E-state index in [1.54, 1.807) is 13.3 Å². The molecule has 0 aliphatic rings. The van der Waals surface area contributed by atoms with E-state index in [1.165, 1.54) is 0 Å². The standard InChI is InChI=1S/C15H19N5O2/c1-11(19-20-15(16)21)12-4-6-14(7-5-12)22-8-2-3-13-9-17-10-18-13/h4-7,9-10H,2-3,8H2,1H3,(H,17,18)(H3,16,20,21)/b19-11+. The first-order valence-electron chi connectivity index (χ1n) is 6.96. The Balaban J connectivity index is 1.79. The summed E-state index contributed by atoms with van der Waals surface area (Å²) in [6.07, 6.45) is 5.34. The van der Waals surface area contributed by atoms with Crippen molar-refractivity contribution in [1.29, 1.82) is 0 Å². The molecule has 0 fully saturated rings. The number of primary amides is 1. The maximum atomic E-state index is 10.6.